The van der Waals surface area contributed by atoms with Crippen molar-refractivity contribution < 1.29 is 8.78 Å². The molecule has 2 aromatic rings. The van der Waals surface area contributed by atoms with Gasteiger partial charge in [-0.25, -0.2) is 8.78 Å². The molecule has 2 aromatic heterocycles. The van der Waals surface area contributed by atoms with Crippen LogP contribution in [0.4, 0.5) is 8.78 Å². The summed E-state index contributed by atoms with van der Waals surface area (Å²) in [6.07, 6.45) is 1.12. The summed E-state index contributed by atoms with van der Waals surface area (Å²) in [5, 5.41) is 9.07. The Morgan fingerprint density at radius 1 is 1.41 bits per heavy atom. The van der Waals surface area contributed by atoms with Crippen molar-refractivity contribution in [3.8, 4) is 17.3 Å². The topological polar surface area (TPSA) is 85.3 Å². The standard InChI is InChI=1S/C14H10F2N4OS/c1-13(6-14(13,15)16)9-3-2-7(5-18-9)10-8(4-17)11(21)20-12(22)19-10/h2-3,5H,6H2,1H3,(H2,19,20,21,22). The minimum Gasteiger partial charge on any atom is -0.331 e. The number of aromatic amines is 2. The maximum atomic E-state index is 13.4. The molecule has 5 nitrogen and oxygen atoms in total. The normalized spacial score (nSPS) is 22.1. The van der Waals surface area contributed by atoms with Crippen LogP contribution in [0.1, 0.15) is 24.6 Å². The van der Waals surface area contributed by atoms with Crippen LogP contribution in [0.15, 0.2) is 23.1 Å². The van der Waals surface area contributed by atoms with Crippen LogP contribution in [0.25, 0.3) is 11.3 Å². The molecule has 0 spiro atoms. The van der Waals surface area contributed by atoms with Gasteiger partial charge in [-0.3, -0.25) is 14.8 Å². The van der Waals surface area contributed by atoms with Gasteiger partial charge in [-0.05, 0) is 31.3 Å². The van der Waals surface area contributed by atoms with Crippen LogP contribution in [0.5, 0.6) is 0 Å². The van der Waals surface area contributed by atoms with Gasteiger partial charge in [0.25, 0.3) is 11.5 Å². The number of pyridine rings is 1. The molecule has 0 amide bonds. The lowest BCUT2D eigenvalue weighted by Crippen LogP contribution is -2.15. The van der Waals surface area contributed by atoms with Crippen molar-refractivity contribution in [3.63, 3.8) is 0 Å². The lowest BCUT2D eigenvalue weighted by molar-refractivity contribution is 0.0910. The number of H-pyrrole nitrogens is 2. The third kappa shape index (κ3) is 2.05. The van der Waals surface area contributed by atoms with Crippen LogP contribution in [0.3, 0.4) is 0 Å². The highest BCUT2D eigenvalue weighted by Gasteiger charge is 2.69. The van der Waals surface area contributed by atoms with Gasteiger partial charge in [0.1, 0.15) is 11.6 Å². The average Bonchev–Trinajstić information content (AvgIpc) is 2.98. The fraction of sp³-hybridized carbons (Fsp3) is 0.286. The van der Waals surface area contributed by atoms with E-state index < -0.39 is 16.9 Å². The van der Waals surface area contributed by atoms with Crippen molar-refractivity contribution in [1.82, 2.24) is 15.0 Å². The monoisotopic (exact) mass is 320 g/mol. The summed E-state index contributed by atoms with van der Waals surface area (Å²) in [6, 6.07) is 4.82. The molecule has 0 radical (unpaired) electrons. The zero-order chi connectivity index (χ0) is 16.1. The van der Waals surface area contributed by atoms with E-state index in [1.165, 1.54) is 19.2 Å². The number of nitrogens with zero attached hydrogens (tertiary/aromatic N) is 2. The fourth-order valence-corrected chi connectivity index (χ4v) is 2.55. The predicted octanol–water partition coefficient (Wildman–Crippen LogP) is 2.66. The van der Waals surface area contributed by atoms with E-state index in [1.807, 2.05) is 0 Å². The van der Waals surface area contributed by atoms with Crippen molar-refractivity contribution in [2.24, 2.45) is 0 Å². The molecule has 8 heteroatoms. The van der Waals surface area contributed by atoms with Gasteiger partial charge in [0, 0.05) is 18.2 Å². The highest BCUT2D eigenvalue weighted by molar-refractivity contribution is 7.71. The Morgan fingerprint density at radius 3 is 2.59 bits per heavy atom. The molecule has 112 valence electrons. The Kier molecular flexibility index (Phi) is 3.00. The van der Waals surface area contributed by atoms with Gasteiger partial charge in [0.2, 0.25) is 0 Å². The van der Waals surface area contributed by atoms with Gasteiger partial charge in [-0.15, -0.1) is 0 Å². The van der Waals surface area contributed by atoms with Crippen LogP contribution in [0, 0.1) is 16.1 Å². The summed E-state index contributed by atoms with van der Waals surface area (Å²) in [7, 11) is 0. The van der Waals surface area contributed by atoms with E-state index in [0.29, 0.717) is 5.56 Å². The maximum Gasteiger partial charge on any atom is 0.270 e. The van der Waals surface area contributed by atoms with Gasteiger partial charge in [-0.2, -0.15) is 5.26 Å². The van der Waals surface area contributed by atoms with Crippen molar-refractivity contribution in [2.45, 2.75) is 24.7 Å². The molecule has 1 aliphatic carbocycles. The molecule has 0 aliphatic heterocycles. The summed E-state index contributed by atoms with van der Waals surface area (Å²) in [5.41, 5.74) is -1.04. The summed E-state index contributed by atoms with van der Waals surface area (Å²) in [4.78, 5) is 20.8. The highest BCUT2D eigenvalue weighted by Crippen LogP contribution is 2.60. The van der Waals surface area contributed by atoms with E-state index in [0.717, 1.165) is 0 Å². The second-order valence-electron chi connectivity index (χ2n) is 5.42. The molecule has 0 bridgehead atoms. The summed E-state index contributed by atoms with van der Waals surface area (Å²) < 4.78 is 26.8. The Labute approximate surface area is 128 Å². The molecule has 2 N–H and O–H groups in total. The first-order chi connectivity index (χ1) is 10.3. The fourth-order valence-electron chi connectivity index (χ4n) is 2.36. The molecule has 0 saturated heterocycles. The number of halogens is 2. The second kappa shape index (κ2) is 4.55. The lowest BCUT2D eigenvalue weighted by atomic mass is 10.0. The Morgan fingerprint density at radius 2 is 2.09 bits per heavy atom. The first-order valence-electron chi connectivity index (χ1n) is 6.40. The molecule has 2 heterocycles. The summed E-state index contributed by atoms with van der Waals surface area (Å²) in [6.45, 7) is 1.45. The summed E-state index contributed by atoms with van der Waals surface area (Å²) >= 11 is 4.88. The SMILES string of the molecule is CC1(c2ccc(-c3[nH]c(=S)[nH]c(=O)c3C#N)cn2)CC1(F)F. The number of nitriles is 1. The number of aromatic nitrogens is 3. The molecule has 1 unspecified atom stereocenters. The molecular formula is C14H10F2N4OS. The molecule has 1 saturated carbocycles. The first kappa shape index (κ1) is 14.5. The van der Waals surface area contributed by atoms with Crippen molar-refractivity contribution in [2.75, 3.05) is 0 Å². The third-order valence-electron chi connectivity index (χ3n) is 3.93. The predicted molar refractivity (Wildman–Crippen MR) is 77.1 cm³/mol. The maximum absolute atomic E-state index is 13.4. The molecule has 0 aromatic carbocycles. The summed E-state index contributed by atoms with van der Waals surface area (Å²) in [5.74, 6) is -2.75. The molecule has 1 aliphatic rings. The molecular weight excluding hydrogens is 310 g/mol. The number of hydrogen-bond acceptors (Lipinski definition) is 4. The molecule has 1 fully saturated rings. The Balaban J connectivity index is 2.07. The van der Waals surface area contributed by atoms with E-state index in [2.05, 4.69) is 15.0 Å². The average molecular weight is 320 g/mol. The van der Waals surface area contributed by atoms with E-state index in [9.17, 15) is 13.6 Å². The van der Waals surface area contributed by atoms with Crippen LogP contribution in [0.2, 0.25) is 0 Å². The van der Waals surface area contributed by atoms with Crippen molar-refractivity contribution in [1.29, 1.82) is 5.26 Å². The third-order valence-corrected chi connectivity index (χ3v) is 4.13. The van der Waals surface area contributed by atoms with Gasteiger partial charge in [0.05, 0.1) is 16.8 Å². The van der Waals surface area contributed by atoms with Crippen LogP contribution in [-0.4, -0.2) is 20.9 Å². The van der Waals surface area contributed by atoms with E-state index in [4.69, 9.17) is 17.5 Å². The van der Waals surface area contributed by atoms with Crippen molar-refractivity contribution in [3.05, 3.63) is 44.7 Å². The van der Waals surface area contributed by atoms with Crippen LogP contribution >= 0.6 is 12.2 Å². The quantitative estimate of drug-likeness (QED) is 0.833. The molecule has 1 atom stereocenters. The van der Waals surface area contributed by atoms with Crippen LogP contribution < -0.4 is 5.56 Å². The smallest absolute Gasteiger partial charge is 0.270 e. The highest BCUT2D eigenvalue weighted by atomic mass is 32.1. The molecule has 22 heavy (non-hydrogen) atoms. The minimum atomic E-state index is -2.75. The van der Waals surface area contributed by atoms with Crippen LogP contribution in [-0.2, 0) is 5.41 Å². The number of rotatable bonds is 2. The molecule has 3 rings (SSSR count). The van der Waals surface area contributed by atoms with Gasteiger partial charge in [-0.1, -0.05) is 0 Å². The van der Waals surface area contributed by atoms with E-state index in [1.54, 1.807) is 12.1 Å². The number of hydrogen-bond donors (Lipinski definition) is 2. The zero-order valence-electron chi connectivity index (χ0n) is 11.4. The first-order valence-corrected chi connectivity index (χ1v) is 6.81. The number of nitrogens with one attached hydrogen (secondary N) is 2. The van der Waals surface area contributed by atoms with Gasteiger partial charge >= 0.3 is 0 Å². The Bertz CT molecular complexity index is 910. The van der Waals surface area contributed by atoms with Gasteiger partial charge < -0.3 is 4.98 Å². The second-order valence-corrected chi connectivity index (χ2v) is 5.82. The van der Waals surface area contributed by atoms with E-state index >= 15 is 0 Å². The minimum absolute atomic E-state index is 0.0729. The van der Waals surface area contributed by atoms with E-state index in [-0.39, 0.29) is 28.1 Å². The Hall–Kier alpha value is -2.40. The van der Waals surface area contributed by atoms with Gasteiger partial charge in [0.15, 0.2) is 4.77 Å². The van der Waals surface area contributed by atoms with Crippen molar-refractivity contribution >= 4 is 12.2 Å². The zero-order valence-corrected chi connectivity index (χ0v) is 12.2. The largest absolute Gasteiger partial charge is 0.331 e. The lowest BCUT2D eigenvalue weighted by Gasteiger charge is -2.10. The number of alkyl halides is 2.